The van der Waals surface area contributed by atoms with Crippen LogP contribution in [0.25, 0.3) is 0 Å². The maximum absolute atomic E-state index is 4.18. The summed E-state index contributed by atoms with van der Waals surface area (Å²) in [6, 6.07) is 4.22. The number of aromatic amines is 1. The molecular formula is C11H14BrN3S. The predicted molar refractivity (Wildman–Crippen MR) is 70.6 cm³/mol. The van der Waals surface area contributed by atoms with E-state index in [1.807, 2.05) is 6.92 Å². The molecule has 3 nitrogen and oxygen atoms in total. The number of hydrogen-bond acceptors (Lipinski definition) is 3. The summed E-state index contributed by atoms with van der Waals surface area (Å²) >= 11 is 5.23. The molecule has 0 aromatic carbocycles. The highest BCUT2D eigenvalue weighted by molar-refractivity contribution is 9.11. The summed E-state index contributed by atoms with van der Waals surface area (Å²) in [5.41, 5.74) is 3.50. The van der Waals surface area contributed by atoms with E-state index in [-0.39, 0.29) is 0 Å². The summed E-state index contributed by atoms with van der Waals surface area (Å²) in [7, 11) is 0. The van der Waals surface area contributed by atoms with Crippen molar-refractivity contribution in [3.63, 3.8) is 0 Å². The Hall–Kier alpha value is -0.650. The van der Waals surface area contributed by atoms with Gasteiger partial charge in [0, 0.05) is 29.2 Å². The molecule has 2 N–H and O–H groups in total. The first-order valence-corrected chi connectivity index (χ1v) is 6.73. The summed E-state index contributed by atoms with van der Waals surface area (Å²) in [4.78, 5) is 1.34. The highest BCUT2D eigenvalue weighted by Gasteiger charge is 2.05. The number of rotatable bonds is 4. The van der Waals surface area contributed by atoms with E-state index < -0.39 is 0 Å². The lowest BCUT2D eigenvalue weighted by atomic mass is 10.2. The summed E-state index contributed by atoms with van der Waals surface area (Å²) in [5, 5.41) is 10.6. The van der Waals surface area contributed by atoms with Gasteiger partial charge in [0.2, 0.25) is 0 Å². The Morgan fingerprint density at radius 1 is 1.38 bits per heavy atom. The van der Waals surface area contributed by atoms with Crippen molar-refractivity contribution in [1.29, 1.82) is 0 Å². The minimum Gasteiger partial charge on any atom is -0.308 e. The highest BCUT2D eigenvalue weighted by Crippen LogP contribution is 2.21. The third kappa shape index (κ3) is 2.72. The van der Waals surface area contributed by atoms with Crippen LogP contribution in [0, 0.1) is 13.8 Å². The number of nitrogens with zero attached hydrogens (tertiary/aromatic N) is 1. The van der Waals surface area contributed by atoms with Gasteiger partial charge < -0.3 is 5.32 Å². The van der Waals surface area contributed by atoms with Crippen LogP contribution < -0.4 is 5.32 Å². The van der Waals surface area contributed by atoms with Crippen LogP contribution in [0.4, 0.5) is 0 Å². The molecule has 0 unspecified atom stereocenters. The largest absolute Gasteiger partial charge is 0.308 e. The van der Waals surface area contributed by atoms with Crippen molar-refractivity contribution in [1.82, 2.24) is 15.5 Å². The molecule has 86 valence electrons. The van der Waals surface area contributed by atoms with E-state index >= 15 is 0 Å². The average Bonchev–Trinajstić information content (AvgIpc) is 2.78. The molecule has 0 saturated carbocycles. The second kappa shape index (κ2) is 5.12. The van der Waals surface area contributed by atoms with Crippen molar-refractivity contribution in [2.45, 2.75) is 26.9 Å². The number of thiophene rings is 1. The second-order valence-corrected chi connectivity index (χ2v) is 6.27. The van der Waals surface area contributed by atoms with Gasteiger partial charge >= 0.3 is 0 Å². The quantitative estimate of drug-likeness (QED) is 0.910. The molecule has 0 radical (unpaired) electrons. The summed E-state index contributed by atoms with van der Waals surface area (Å²) in [6.45, 7) is 5.85. The highest BCUT2D eigenvalue weighted by atomic mass is 79.9. The van der Waals surface area contributed by atoms with E-state index in [0.29, 0.717) is 0 Å². The van der Waals surface area contributed by atoms with Gasteiger partial charge in [-0.25, -0.2) is 0 Å². The fraction of sp³-hybridized carbons (Fsp3) is 0.364. The average molecular weight is 300 g/mol. The van der Waals surface area contributed by atoms with Crippen LogP contribution in [0.2, 0.25) is 0 Å². The molecule has 2 aromatic rings. The summed E-state index contributed by atoms with van der Waals surface area (Å²) < 4.78 is 1.18. The van der Waals surface area contributed by atoms with Crippen molar-refractivity contribution in [2.75, 3.05) is 0 Å². The smallest absolute Gasteiger partial charge is 0.0701 e. The molecule has 0 aliphatic rings. The zero-order valence-corrected chi connectivity index (χ0v) is 11.7. The maximum Gasteiger partial charge on any atom is 0.0701 e. The molecule has 0 saturated heterocycles. The Bertz CT molecular complexity index is 456. The third-order valence-corrected chi connectivity index (χ3v) is 4.13. The lowest BCUT2D eigenvalue weighted by Gasteiger charge is -2.03. The zero-order chi connectivity index (χ0) is 11.5. The Balaban J connectivity index is 1.89. The van der Waals surface area contributed by atoms with Crippen molar-refractivity contribution in [3.05, 3.63) is 37.7 Å². The molecule has 0 aliphatic carbocycles. The van der Waals surface area contributed by atoms with Crippen LogP contribution in [0.3, 0.4) is 0 Å². The molecule has 0 bridgehead atoms. The van der Waals surface area contributed by atoms with Crippen LogP contribution in [0.15, 0.2) is 15.9 Å². The summed E-state index contributed by atoms with van der Waals surface area (Å²) in [6.07, 6.45) is 0. The molecular weight excluding hydrogens is 286 g/mol. The molecule has 2 rings (SSSR count). The van der Waals surface area contributed by atoms with Crippen molar-refractivity contribution < 1.29 is 0 Å². The Kier molecular flexibility index (Phi) is 3.78. The predicted octanol–water partition coefficient (Wildman–Crippen LogP) is 3.14. The maximum atomic E-state index is 4.18. The molecule has 0 amide bonds. The van der Waals surface area contributed by atoms with Crippen molar-refractivity contribution in [2.24, 2.45) is 0 Å². The second-order valence-electron chi connectivity index (χ2n) is 3.72. The lowest BCUT2D eigenvalue weighted by Crippen LogP contribution is -2.12. The van der Waals surface area contributed by atoms with Gasteiger partial charge in [-0.1, -0.05) is 0 Å². The minimum absolute atomic E-state index is 0.865. The number of aromatic nitrogens is 2. The molecule has 0 spiro atoms. The van der Waals surface area contributed by atoms with Crippen LogP contribution in [-0.4, -0.2) is 10.2 Å². The van der Waals surface area contributed by atoms with Gasteiger partial charge in [-0.15, -0.1) is 11.3 Å². The number of H-pyrrole nitrogens is 1. The SMILES string of the molecule is Cc1n[nH]c(C)c1CNCc1ccc(Br)s1. The van der Waals surface area contributed by atoms with Gasteiger partial charge in [-0.05, 0) is 41.9 Å². The van der Waals surface area contributed by atoms with Gasteiger partial charge in [-0.2, -0.15) is 5.10 Å². The molecule has 5 heteroatoms. The van der Waals surface area contributed by atoms with Crippen LogP contribution in [-0.2, 0) is 13.1 Å². The van der Waals surface area contributed by atoms with E-state index in [9.17, 15) is 0 Å². The van der Waals surface area contributed by atoms with Crippen molar-refractivity contribution >= 4 is 27.3 Å². The first-order chi connectivity index (χ1) is 7.66. The first kappa shape index (κ1) is 11.8. The van der Waals surface area contributed by atoms with Crippen molar-refractivity contribution in [3.8, 4) is 0 Å². The standard InChI is InChI=1S/C11H14BrN3S/c1-7-10(8(2)15-14-7)6-13-5-9-3-4-11(12)16-9/h3-4,13H,5-6H2,1-2H3,(H,14,15). The van der Waals surface area contributed by atoms with Crippen LogP contribution in [0.5, 0.6) is 0 Å². The van der Waals surface area contributed by atoms with Crippen LogP contribution in [0.1, 0.15) is 21.8 Å². The number of hydrogen-bond donors (Lipinski definition) is 2. The van der Waals surface area contributed by atoms with E-state index in [0.717, 1.165) is 24.5 Å². The minimum atomic E-state index is 0.865. The number of aryl methyl sites for hydroxylation is 2. The van der Waals surface area contributed by atoms with Gasteiger partial charge in [0.25, 0.3) is 0 Å². The zero-order valence-electron chi connectivity index (χ0n) is 9.30. The Morgan fingerprint density at radius 2 is 2.19 bits per heavy atom. The van der Waals surface area contributed by atoms with E-state index in [1.54, 1.807) is 11.3 Å². The van der Waals surface area contributed by atoms with Gasteiger partial charge in [0.05, 0.1) is 9.48 Å². The lowest BCUT2D eigenvalue weighted by molar-refractivity contribution is 0.695. The third-order valence-electron chi connectivity index (χ3n) is 2.51. The number of halogens is 1. The van der Waals surface area contributed by atoms with Crippen LogP contribution >= 0.6 is 27.3 Å². The molecule has 0 aliphatic heterocycles. The number of nitrogens with one attached hydrogen (secondary N) is 2. The van der Waals surface area contributed by atoms with Gasteiger partial charge in [0.15, 0.2) is 0 Å². The molecule has 0 fully saturated rings. The van der Waals surface area contributed by atoms with E-state index in [1.165, 1.54) is 14.2 Å². The molecule has 2 heterocycles. The molecule has 2 aromatic heterocycles. The first-order valence-electron chi connectivity index (χ1n) is 5.12. The Labute approximate surface area is 107 Å². The summed E-state index contributed by atoms with van der Waals surface area (Å²) in [5.74, 6) is 0. The van der Waals surface area contributed by atoms with Gasteiger partial charge in [-0.3, -0.25) is 5.10 Å². The normalized spacial score (nSPS) is 10.9. The Morgan fingerprint density at radius 3 is 2.75 bits per heavy atom. The molecule has 0 atom stereocenters. The van der Waals surface area contributed by atoms with Gasteiger partial charge in [0.1, 0.15) is 0 Å². The molecule has 16 heavy (non-hydrogen) atoms. The fourth-order valence-electron chi connectivity index (χ4n) is 1.59. The van der Waals surface area contributed by atoms with E-state index in [2.05, 4.69) is 50.5 Å². The fourth-order valence-corrected chi connectivity index (χ4v) is 3.04. The van der Waals surface area contributed by atoms with E-state index in [4.69, 9.17) is 0 Å². The monoisotopic (exact) mass is 299 g/mol. The topological polar surface area (TPSA) is 40.7 Å².